The molecule has 2 aliphatic carbocycles. The lowest BCUT2D eigenvalue weighted by Crippen LogP contribution is -2.34. The zero-order chi connectivity index (χ0) is 14.7. The molecule has 1 heterocycles. The van der Waals surface area contributed by atoms with E-state index in [0.29, 0.717) is 5.41 Å². The third-order valence-corrected chi connectivity index (χ3v) is 6.98. The van der Waals surface area contributed by atoms with Crippen molar-refractivity contribution in [2.45, 2.75) is 57.8 Å². The van der Waals surface area contributed by atoms with Crippen LogP contribution in [0.15, 0.2) is 0 Å². The van der Waals surface area contributed by atoms with Gasteiger partial charge in [-0.3, -0.25) is 0 Å². The molecule has 120 valence electrons. The Labute approximate surface area is 135 Å². The maximum atomic E-state index is 11.0. The van der Waals surface area contributed by atoms with Crippen molar-refractivity contribution < 1.29 is 4.79 Å². The number of carbonyl (C=O) groups excluding carboxylic acids is 1. The van der Waals surface area contributed by atoms with Crippen molar-refractivity contribution in [2.24, 2.45) is 29.1 Å². The molecule has 0 bridgehead atoms. The summed E-state index contributed by atoms with van der Waals surface area (Å²) in [7, 11) is 0. The fourth-order valence-electron chi connectivity index (χ4n) is 5.51. The summed E-state index contributed by atoms with van der Waals surface area (Å²) >= 11 is 4.28. The van der Waals surface area contributed by atoms with Gasteiger partial charge in [0.05, 0.1) is 0 Å². The molecule has 1 saturated heterocycles. The summed E-state index contributed by atoms with van der Waals surface area (Å²) in [6.07, 6.45) is 13.0. The summed E-state index contributed by atoms with van der Waals surface area (Å²) in [5.41, 5.74) is 0.453. The van der Waals surface area contributed by atoms with E-state index in [4.69, 9.17) is 0 Å². The Kier molecular flexibility index (Phi) is 5.32. The molecule has 5 atom stereocenters. The predicted molar refractivity (Wildman–Crippen MR) is 90.7 cm³/mol. The van der Waals surface area contributed by atoms with Crippen LogP contribution in [-0.2, 0) is 4.79 Å². The lowest BCUT2D eigenvalue weighted by molar-refractivity contribution is -0.110. The summed E-state index contributed by atoms with van der Waals surface area (Å²) in [4.78, 5) is 11.0. The molecule has 0 radical (unpaired) electrons. The molecule has 0 amide bonds. The molecule has 0 spiro atoms. The van der Waals surface area contributed by atoms with Crippen LogP contribution in [-0.4, -0.2) is 25.1 Å². The number of aldehydes is 1. The minimum absolute atomic E-state index is 0.453. The number of fused-ring (bicyclic) bond motifs is 1. The molecule has 0 aromatic carbocycles. The first kappa shape index (κ1) is 15.9. The van der Waals surface area contributed by atoms with E-state index in [2.05, 4.69) is 17.9 Å². The normalized spacial score (nSPS) is 40.6. The first-order valence-electron chi connectivity index (χ1n) is 9.08. The molecule has 0 aromatic heterocycles. The number of nitrogens with one attached hydrogen (secondary N) is 1. The summed E-state index contributed by atoms with van der Waals surface area (Å²) in [6, 6.07) is 0. The van der Waals surface area contributed by atoms with E-state index in [9.17, 15) is 4.79 Å². The van der Waals surface area contributed by atoms with Gasteiger partial charge in [-0.05, 0) is 67.2 Å². The fraction of sp³-hybridized carbons (Fsp3) is 0.944. The zero-order valence-electron chi connectivity index (χ0n) is 13.2. The van der Waals surface area contributed by atoms with Gasteiger partial charge in [-0.25, -0.2) is 0 Å². The summed E-state index contributed by atoms with van der Waals surface area (Å²) in [5.74, 6) is 4.64. The lowest BCUT2D eigenvalue weighted by Gasteiger charge is -2.39. The number of hydrogen-bond acceptors (Lipinski definition) is 3. The van der Waals surface area contributed by atoms with Crippen molar-refractivity contribution in [2.75, 3.05) is 18.8 Å². The highest BCUT2D eigenvalue weighted by Crippen LogP contribution is 2.78. The first-order valence-corrected chi connectivity index (χ1v) is 9.72. The van der Waals surface area contributed by atoms with Crippen LogP contribution in [0.25, 0.3) is 0 Å². The van der Waals surface area contributed by atoms with Crippen molar-refractivity contribution in [3.63, 3.8) is 0 Å². The highest BCUT2D eigenvalue weighted by atomic mass is 32.1. The largest absolute Gasteiger partial charge is 0.316 e. The van der Waals surface area contributed by atoms with Gasteiger partial charge in [0.2, 0.25) is 0 Å². The van der Waals surface area contributed by atoms with Crippen LogP contribution in [0.1, 0.15) is 57.8 Å². The SMILES string of the molecule is O=CCC12CC3C(CCCCCCCS)CCNCC1C32. The van der Waals surface area contributed by atoms with Gasteiger partial charge in [0.25, 0.3) is 0 Å². The number of hydrogen-bond donors (Lipinski definition) is 2. The molecule has 2 saturated carbocycles. The zero-order valence-corrected chi connectivity index (χ0v) is 14.1. The third kappa shape index (κ3) is 3.06. The molecule has 3 rings (SSSR count). The minimum Gasteiger partial charge on any atom is -0.316 e. The van der Waals surface area contributed by atoms with Crippen LogP contribution >= 0.6 is 12.6 Å². The summed E-state index contributed by atoms with van der Waals surface area (Å²) in [5, 5.41) is 3.64. The molecular weight excluding hydrogens is 278 g/mol. The molecule has 1 aliphatic heterocycles. The monoisotopic (exact) mass is 309 g/mol. The van der Waals surface area contributed by atoms with Gasteiger partial charge in [0, 0.05) is 6.42 Å². The molecule has 0 aromatic rings. The highest BCUT2D eigenvalue weighted by molar-refractivity contribution is 7.80. The topological polar surface area (TPSA) is 29.1 Å². The Balaban J connectivity index is 1.43. The molecule has 2 nitrogen and oxygen atoms in total. The summed E-state index contributed by atoms with van der Waals surface area (Å²) in [6.45, 7) is 2.37. The second kappa shape index (κ2) is 7.04. The minimum atomic E-state index is 0.453. The summed E-state index contributed by atoms with van der Waals surface area (Å²) < 4.78 is 0. The van der Waals surface area contributed by atoms with Gasteiger partial charge in [-0.15, -0.1) is 0 Å². The molecule has 3 aliphatic rings. The van der Waals surface area contributed by atoms with E-state index in [1.807, 2.05) is 0 Å². The predicted octanol–water partition coefficient (Wildman–Crippen LogP) is 3.71. The average Bonchev–Trinajstić information content (AvgIpc) is 2.90. The van der Waals surface area contributed by atoms with Gasteiger partial charge in [0.15, 0.2) is 0 Å². The van der Waals surface area contributed by atoms with Crippen molar-refractivity contribution in [3.05, 3.63) is 0 Å². The highest BCUT2D eigenvalue weighted by Gasteiger charge is 2.74. The second-order valence-electron chi connectivity index (χ2n) is 7.64. The van der Waals surface area contributed by atoms with Crippen LogP contribution in [0.5, 0.6) is 0 Å². The van der Waals surface area contributed by atoms with Crippen LogP contribution in [0.2, 0.25) is 0 Å². The Bertz CT molecular complexity index is 361. The van der Waals surface area contributed by atoms with Crippen LogP contribution in [0.4, 0.5) is 0 Å². The van der Waals surface area contributed by atoms with Crippen LogP contribution in [0.3, 0.4) is 0 Å². The smallest absolute Gasteiger partial charge is 0.120 e. The second-order valence-corrected chi connectivity index (χ2v) is 8.08. The number of unbranched alkanes of at least 4 members (excludes halogenated alkanes) is 4. The van der Waals surface area contributed by atoms with E-state index in [1.54, 1.807) is 0 Å². The maximum absolute atomic E-state index is 11.0. The number of thiol groups is 1. The van der Waals surface area contributed by atoms with Gasteiger partial charge >= 0.3 is 0 Å². The van der Waals surface area contributed by atoms with Crippen molar-refractivity contribution in [1.29, 1.82) is 0 Å². The van der Waals surface area contributed by atoms with Crippen LogP contribution < -0.4 is 5.32 Å². The molecule has 5 unspecified atom stereocenters. The molecule has 1 N–H and O–H groups in total. The molecule has 21 heavy (non-hydrogen) atoms. The average molecular weight is 310 g/mol. The van der Waals surface area contributed by atoms with Gasteiger partial charge in [-0.2, -0.15) is 12.6 Å². The van der Waals surface area contributed by atoms with Crippen LogP contribution in [0, 0.1) is 29.1 Å². The lowest BCUT2D eigenvalue weighted by atomic mass is 9.65. The van der Waals surface area contributed by atoms with E-state index in [-0.39, 0.29) is 0 Å². The quantitative estimate of drug-likeness (QED) is 0.386. The van der Waals surface area contributed by atoms with E-state index in [1.165, 1.54) is 70.7 Å². The Morgan fingerprint density at radius 1 is 1.19 bits per heavy atom. The molecule has 3 heteroatoms. The van der Waals surface area contributed by atoms with E-state index < -0.39 is 0 Å². The van der Waals surface area contributed by atoms with Crippen molar-refractivity contribution in [3.8, 4) is 0 Å². The van der Waals surface area contributed by atoms with Gasteiger partial charge in [0.1, 0.15) is 6.29 Å². The standard InChI is InChI=1S/C18H31NOS/c20-10-8-18-12-15-14(6-4-2-1-3-5-11-21)7-9-19-13-16(18)17(15)18/h10,14-17,19,21H,1-9,11-13H2. The Hall–Kier alpha value is -0.0200. The number of rotatable bonds is 9. The Morgan fingerprint density at radius 3 is 2.81 bits per heavy atom. The first-order chi connectivity index (χ1) is 10.3. The molecule has 3 fully saturated rings. The fourth-order valence-corrected chi connectivity index (χ4v) is 5.74. The molecular formula is C18H31NOS. The third-order valence-electron chi connectivity index (χ3n) is 6.66. The van der Waals surface area contributed by atoms with Crippen molar-refractivity contribution in [1.82, 2.24) is 5.32 Å². The van der Waals surface area contributed by atoms with E-state index >= 15 is 0 Å². The Morgan fingerprint density at radius 2 is 2.00 bits per heavy atom. The maximum Gasteiger partial charge on any atom is 0.120 e. The van der Waals surface area contributed by atoms with Gasteiger partial charge < -0.3 is 10.1 Å². The van der Waals surface area contributed by atoms with Crippen molar-refractivity contribution >= 4 is 18.9 Å². The van der Waals surface area contributed by atoms with Gasteiger partial charge in [-0.1, -0.05) is 32.1 Å². The van der Waals surface area contributed by atoms with E-state index in [0.717, 1.165) is 35.8 Å². The number of carbonyl (C=O) groups is 1.